The lowest BCUT2D eigenvalue weighted by Gasteiger charge is -2.18. The topological polar surface area (TPSA) is 41.1 Å². The number of rotatable bonds is 4. The number of benzene rings is 1. The molecule has 1 atom stereocenters. The van der Waals surface area contributed by atoms with Gasteiger partial charge in [-0.1, -0.05) is 62.9 Å². The third-order valence-corrected chi connectivity index (χ3v) is 3.80. The minimum Gasteiger partial charge on any atom is -0.376 e. The second-order valence-electron chi connectivity index (χ2n) is 5.33. The molecule has 3 nitrogen and oxygen atoms in total. The molecule has 0 fully saturated rings. The fraction of sp³-hybridized carbons (Fsp3) is 0.286. The summed E-state index contributed by atoms with van der Waals surface area (Å²) in [6.45, 7) is 12.0. The van der Waals surface area contributed by atoms with Crippen molar-refractivity contribution in [1.82, 2.24) is 10.6 Å². The van der Waals surface area contributed by atoms with E-state index in [2.05, 4.69) is 49.3 Å². The van der Waals surface area contributed by atoms with Crippen molar-refractivity contribution in [3.05, 3.63) is 71.0 Å². The molecule has 0 saturated carbocycles. The highest BCUT2D eigenvalue weighted by Gasteiger charge is 2.15. The number of dihydropyridines is 1. The average molecular weight is 324 g/mol. The van der Waals surface area contributed by atoms with Gasteiger partial charge in [-0.3, -0.25) is 4.79 Å². The summed E-state index contributed by atoms with van der Waals surface area (Å²) in [7, 11) is 1.64. The number of aryl methyl sites for hydroxylation is 1. The van der Waals surface area contributed by atoms with Crippen molar-refractivity contribution in [1.29, 1.82) is 0 Å². The molecule has 0 aromatic heterocycles. The number of allylic oxidation sites excluding steroid dienone is 3. The number of nitrogens with one attached hydrogen (secondary N) is 2. The van der Waals surface area contributed by atoms with Gasteiger partial charge in [0.15, 0.2) is 0 Å². The van der Waals surface area contributed by atoms with E-state index in [9.17, 15) is 4.79 Å². The minimum atomic E-state index is -0.302. The smallest absolute Gasteiger partial charge is 0.246 e. The van der Waals surface area contributed by atoms with E-state index >= 15 is 0 Å². The van der Waals surface area contributed by atoms with E-state index in [1.54, 1.807) is 7.05 Å². The van der Waals surface area contributed by atoms with E-state index in [-0.39, 0.29) is 11.9 Å². The Balaban J connectivity index is 0.00000139. The molecule has 1 aliphatic rings. The molecule has 0 aliphatic carbocycles. The number of amides is 1. The van der Waals surface area contributed by atoms with E-state index < -0.39 is 0 Å². The van der Waals surface area contributed by atoms with Crippen LogP contribution >= 0.6 is 0 Å². The molecule has 0 radical (unpaired) electrons. The van der Waals surface area contributed by atoms with Crippen molar-refractivity contribution >= 4 is 18.1 Å². The van der Waals surface area contributed by atoms with Crippen LogP contribution in [0.25, 0.3) is 12.2 Å². The van der Waals surface area contributed by atoms with Gasteiger partial charge in [-0.2, -0.15) is 0 Å². The van der Waals surface area contributed by atoms with Crippen LogP contribution in [-0.2, 0) is 4.79 Å². The van der Waals surface area contributed by atoms with Crippen LogP contribution in [0.15, 0.2) is 54.3 Å². The van der Waals surface area contributed by atoms with Crippen LogP contribution in [0.1, 0.15) is 37.5 Å². The number of hydrogen-bond donors (Lipinski definition) is 2. The summed E-state index contributed by atoms with van der Waals surface area (Å²) < 4.78 is 0. The normalized spacial score (nSPS) is 16.3. The highest BCUT2D eigenvalue weighted by molar-refractivity contribution is 5.84. The summed E-state index contributed by atoms with van der Waals surface area (Å²) in [5, 5.41) is 5.74. The van der Waals surface area contributed by atoms with Crippen molar-refractivity contribution in [2.24, 2.45) is 0 Å². The molecule has 1 amide bonds. The van der Waals surface area contributed by atoms with Gasteiger partial charge in [-0.05, 0) is 41.7 Å². The van der Waals surface area contributed by atoms with Gasteiger partial charge in [0.25, 0.3) is 0 Å². The summed E-state index contributed by atoms with van der Waals surface area (Å²) >= 11 is 0. The molecule has 24 heavy (non-hydrogen) atoms. The van der Waals surface area contributed by atoms with Crippen molar-refractivity contribution in [2.75, 3.05) is 7.05 Å². The van der Waals surface area contributed by atoms with Crippen molar-refractivity contribution in [3.63, 3.8) is 0 Å². The maximum atomic E-state index is 11.6. The van der Waals surface area contributed by atoms with Crippen LogP contribution in [0.4, 0.5) is 0 Å². The fourth-order valence-corrected chi connectivity index (χ4v) is 2.47. The Bertz CT molecular complexity index is 681. The predicted octanol–water partition coefficient (Wildman–Crippen LogP) is 4.23. The van der Waals surface area contributed by atoms with Gasteiger partial charge >= 0.3 is 0 Å². The molecule has 1 aliphatic heterocycles. The first-order chi connectivity index (χ1) is 11.6. The number of likely N-dealkylation sites (N-methyl/N-ethyl adjacent to an activating group) is 1. The third-order valence-electron chi connectivity index (χ3n) is 3.80. The molecule has 1 aromatic carbocycles. The van der Waals surface area contributed by atoms with E-state index in [4.69, 9.17) is 0 Å². The van der Waals surface area contributed by atoms with Gasteiger partial charge < -0.3 is 10.6 Å². The van der Waals surface area contributed by atoms with Crippen molar-refractivity contribution in [2.45, 2.75) is 33.7 Å². The maximum Gasteiger partial charge on any atom is 0.246 e. The van der Waals surface area contributed by atoms with Crippen LogP contribution in [0.5, 0.6) is 0 Å². The lowest BCUT2D eigenvalue weighted by atomic mass is 9.97. The lowest BCUT2D eigenvalue weighted by molar-refractivity contribution is -0.121. The Kier molecular flexibility index (Phi) is 7.76. The molecule has 1 heterocycles. The second kappa shape index (κ2) is 9.56. The van der Waals surface area contributed by atoms with E-state index in [0.717, 1.165) is 22.3 Å². The van der Waals surface area contributed by atoms with Gasteiger partial charge in [-0.15, -0.1) is 0 Å². The monoisotopic (exact) mass is 324 g/mol. The van der Waals surface area contributed by atoms with Crippen LogP contribution in [0, 0.1) is 6.92 Å². The quantitative estimate of drug-likeness (QED) is 0.870. The first-order valence-electron chi connectivity index (χ1n) is 8.33. The molecular weight excluding hydrogens is 296 g/mol. The first kappa shape index (κ1) is 19.5. The predicted molar refractivity (Wildman–Crippen MR) is 104 cm³/mol. The molecule has 0 spiro atoms. The van der Waals surface area contributed by atoms with Gasteiger partial charge in [0.05, 0.1) is 0 Å². The van der Waals surface area contributed by atoms with Crippen LogP contribution in [0.3, 0.4) is 0 Å². The summed E-state index contributed by atoms with van der Waals surface area (Å²) in [4.78, 5) is 11.6. The Labute approximate surface area is 145 Å². The SMILES string of the molecule is C=Cc1c(C)cccc1/C=C(\C)C1=CNC(C(=O)NC)C=C1.CC. The zero-order valence-electron chi connectivity index (χ0n) is 15.3. The van der Waals surface area contributed by atoms with Crippen molar-refractivity contribution < 1.29 is 4.79 Å². The Morgan fingerprint density at radius 3 is 2.58 bits per heavy atom. The van der Waals surface area contributed by atoms with E-state index in [1.165, 1.54) is 5.56 Å². The number of carbonyl (C=O) groups excluding carboxylic acids is 1. The van der Waals surface area contributed by atoms with Gasteiger partial charge in [0.2, 0.25) is 5.91 Å². The molecular formula is C21H28N2O. The third kappa shape index (κ3) is 4.72. The number of carbonyl (C=O) groups is 1. The molecule has 1 aromatic rings. The maximum absolute atomic E-state index is 11.6. The Morgan fingerprint density at radius 1 is 1.33 bits per heavy atom. The summed E-state index contributed by atoms with van der Waals surface area (Å²) in [5.74, 6) is -0.0409. The van der Waals surface area contributed by atoms with Crippen LogP contribution in [0.2, 0.25) is 0 Å². The molecule has 2 rings (SSSR count). The van der Waals surface area contributed by atoms with Crippen molar-refractivity contribution in [3.8, 4) is 0 Å². The molecule has 0 bridgehead atoms. The van der Waals surface area contributed by atoms with Crippen LogP contribution in [-0.4, -0.2) is 19.0 Å². The van der Waals surface area contributed by atoms with E-state index in [1.807, 2.05) is 44.3 Å². The highest BCUT2D eigenvalue weighted by atomic mass is 16.2. The molecule has 1 unspecified atom stereocenters. The fourth-order valence-electron chi connectivity index (χ4n) is 2.47. The molecule has 0 saturated heterocycles. The Morgan fingerprint density at radius 2 is 2.04 bits per heavy atom. The van der Waals surface area contributed by atoms with Crippen LogP contribution < -0.4 is 10.6 Å². The van der Waals surface area contributed by atoms with E-state index in [0.29, 0.717) is 0 Å². The Hall–Kier alpha value is -2.55. The summed E-state index contributed by atoms with van der Waals surface area (Å²) in [6.07, 6.45) is 9.76. The zero-order valence-corrected chi connectivity index (χ0v) is 15.3. The standard InChI is InChI=1S/C19H22N2O.C2H6/c1-5-17-13(2)7-6-8-15(17)11-14(3)16-9-10-18(21-12-16)19(22)20-4;1-2/h5-12,18,21H,1H2,2-4H3,(H,20,22);1-2H3/b14-11+;. The summed E-state index contributed by atoms with van der Waals surface area (Å²) in [6, 6.07) is 5.91. The number of hydrogen-bond acceptors (Lipinski definition) is 2. The molecule has 2 N–H and O–H groups in total. The first-order valence-corrected chi connectivity index (χ1v) is 8.33. The molecule has 3 heteroatoms. The van der Waals surface area contributed by atoms with Gasteiger partial charge in [0.1, 0.15) is 6.04 Å². The highest BCUT2D eigenvalue weighted by Crippen LogP contribution is 2.22. The van der Waals surface area contributed by atoms with Gasteiger partial charge in [-0.25, -0.2) is 0 Å². The average Bonchev–Trinajstić information content (AvgIpc) is 2.63. The second-order valence-corrected chi connectivity index (χ2v) is 5.33. The zero-order chi connectivity index (χ0) is 18.1. The largest absolute Gasteiger partial charge is 0.376 e. The lowest BCUT2D eigenvalue weighted by Crippen LogP contribution is -2.40. The minimum absolute atomic E-state index is 0.0409. The van der Waals surface area contributed by atoms with Gasteiger partial charge in [0, 0.05) is 13.2 Å². The molecule has 128 valence electrons. The summed E-state index contributed by atoms with van der Waals surface area (Å²) in [5.41, 5.74) is 5.71.